The Labute approximate surface area is 125 Å². The van der Waals surface area contributed by atoms with E-state index in [4.69, 9.17) is 5.73 Å². The summed E-state index contributed by atoms with van der Waals surface area (Å²) in [6, 6.07) is 15.3. The number of nitrogens with one attached hydrogen (secondary N) is 1. The van der Waals surface area contributed by atoms with Gasteiger partial charge in [0.1, 0.15) is 0 Å². The number of aryl methyl sites for hydroxylation is 1. The number of benzene rings is 2. The minimum Gasteiger partial charge on any atom is -0.348 e. The van der Waals surface area contributed by atoms with E-state index in [0.717, 1.165) is 16.7 Å². The highest BCUT2D eigenvalue weighted by atomic mass is 16.1. The van der Waals surface area contributed by atoms with Crippen molar-refractivity contribution >= 4 is 5.91 Å². The van der Waals surface area contributed by atoms with Crippen LogP contribution < -0.4 is 11.1 Å². The van der Waals surface area contributed by atoms with Crippen molar-refractivity contribution in [3.05, 3.63) is 70.8 Å². The van der Waals surface area contributed by atoms with E-state index >= 15 is 0 Å². The van der Waals surface area contributed by atoms with E-state index < -0.39 is 0 Å². The van der Waals surface area contributed by atoms with Gasteiger partial charge in [-0.2, -0.15) is 0 Å². The molecule has 2 aromatic carbocycles. The molecule has 106 valence electrons. The quantitative estimate of drug-likeness (QED) is 0.846. The average Bonchev–Trinajstić information content (AvgIpc) is 2.53. The van der Waals surface area contributed by atoms with Gasteiger partial charge in [-0.05, 0) is 30.2 Å². The Morgan fingerprint density at radius 1 is 1.19 bits per heavy atom. The Morgan fingerprint density at radius 3 is 2.67 bits per heavy atom. The standard InChI is InChI=1S/C18H18N2O/c1-14-9-10-17(12-16(14)8-5-11-19)18(21)20-13-15-6-3-2-4-7-15/h2-4,6-7,9-10,12H,11,13,19H2,1H3,(H,20,21). The summed E-state index contributed by atoms with van der Waals surface area (Å²) in [6.45, 7) is 2.79. The molecule has 2 rings (SSSR count). The highest BCUT2D eigenvalue weighted by molar-refractivity contribution is 5.94. The maximum Gasteiger partial charge on any atom is 0.251 e. The van der Waals surface area contributed by atoms with Gasteiger partial charge in [-0.3, -0.25) is 4.79 Å². The molecule has 0 saturated heterocycles. The summed E-state index contributed by atoms with van der Waals surface area (Å²) in [7, 11) is 0. The van der Waals surface area contributed by atoms with Crippen LogP contribution in [0, 0.1) is 18.8 Å². The van der Waals surface area contributed by atoms with Crippen LogP contribution in [-0.2, 0) is 6.54 Å². The van der Waals surface area contributed by atoms with Crippen molar-refractivity contribution in [3.8, 4) is 11.8 Å². The minimum absolute atomic E-state index is 0.102. The third-order valence-electron chi connectivity index (χ3n) is 3.12. The number of carbonyl (C=O) groups is 1. The van der Waals surface area contributed by atoms with Crippen molar-refractivity contribution in [2.24, 2.45) is 5.73 Å². The number of amides is 1. The van der Waals surface area contributed by atoms with Gasteiger partial charge >= 0.3 is 0 Å². The lowest BCUT2D eigenvalue weighted by molar-refractivity contribution is 0.0951. The van der Waals surface area contributed by atoms with E-state index in [1.54, 1.807) is 6.07 Å². The van der Waals surface area contributed by atoms with Gasteiger partial charge in [-0.1, -0.05) is 48.2 Å². The fourth-order valence-corrected chi connectivity index (χ4v) is 1.92. The number of rotatable bonds is 3. The van der Waals surface area contributed by atoms with Crippen molar-refractivity contribution in [1.82, 2.24) is 5.32 Å². The molecule has 0 atom stereocenters. The molecule has 3 nitrogen and oxygen atoms in total. The van der Waals surface area contributed by atoms with Crippen molar-refractivity contribution in [2.45, 2.75) is 13.5 Å². The molecule has 3 heteroatoms. The Kier molecular flexibility index (Phi) is 5.14. The van der Waals surface area contributed by atoms with Crippen LogP contribution in [0.15, 0.2) is 48.5 Å². The fourth-order valence-electron chi connectivity index (χ4n) is 1.92. The fraction of sp³-hybridized carbons (Fsp3) is 0.167. The molecule has 2 aromatic rings. The van der Waals surface area contributed by atoms with Crippen LogP contribution in [0.1, 0.15) is 27.0 Å². The summed E-state index contributed by atoms with van der Waals surface area (Å²) in [4.78, 5) is 12.2. The van der Waals surface area contributed by atoms with Crippen LogP contribution in [0.25, 0.3) is 0 Å². The van der Waals surface area contributed by atoms with E-state index in [0.29, 0.717) is 18.7 Å². The zero-order valence-corrected chi connectivity index (χ0v) is 12.0. The first-order valence-corrected chi connectivity index (χ1v) is 6.82. The summed E-state index contributed by atoms with van der Waals surface area (Å²) < 4.78 is 0. The highest BCUT2D eigenvalue weighted by Crippen LogP contribution is 2.10. The minimum atomic E-state index is -0.102. The average molecular weight is 278 g/mol. The van der Waals surface area contributed by atoms with Gasteiger partial charge in [0.15, 0.2) is 0 Å². The topological polar surface area (TPSA) is 55.1 Å². The normalized spacial score (nSPS) is 9.62. The van der Waals surface area contributed by atoms with Gasteiger partial charge in [0, 0.05) is 17.7 Å². The summed E-state index contributed by atoms with van der Waals surface area (Å²) in [5.74, 6) is 5.70. The predicted molar refractivity (Wildman–Crippen MR) is 84.7 cm³/mol. The Bertz CT molecular complexity index is 681. The van der Waals surface area contributed by atoms with E-state index in [2.05, 4.69) is 17.2 Å². The number of hydrogen-bond acceptors (Lipinski definition) is 2. The molecule has 0 saturated carbocycles. The highest BCUT2D eigenvalue weighted by Gasteiger charge is 2.07. The summed E-state index contributed by atoms with van der Waals surface area (Å²) >= 11 is 0. The Balaban J connectivity index is 2.09. The van der Waals surface area contributed by atoms with E-state index in [9.17, 15) is 4.79 Å². The van der Waals surface area contributed by atoms with Crippen LogP contribution in [0.2, 0.25) is 0 Å². The second-order valence-corrected chi connectivity index (χ2v) is 4.70. The second kappa shape index (κ2) is 7.28. The molecule has 0 spiro atoms. The maximum absolute atomic E-state index is 12.2. The molecule has 0 aliphatic rings. The van der Waals surface area contributed by atoms with Crippen molar-refractivity contribution < 1.29 is 4.79 Å². The number of hydrogen-bond donors (Lipinski definition) is 2. The smallest absolute Gasteiger partial charge is 0.251 e. The van der Waals surface area contributed by atoms with Crippen molar-refractivity contribution in [3.63, 3.8) is 0 Å². The van der Waals surface area contributed by atoms with Crippen molar-refractivity contribution in [2.75, 3.05) is 6.54 Å². The predicted octanol–water partition coefficient (Wildman–Crippen LogP) is 2.24. The molecule has 0 aromatic heterocycles. The first-order valence-electron chi connectivity index (χ1n) is 6.82. The van der Waals surface area contributed by atoms with Gasteiger partial charge in [0.05, 0.1) is 6.54 Å². The van der Waals surface area contributed by atoms with Crippen LogP contribution in [0.3, 0.4) is 0 Å². The van der Waals surface area contributed by atoms with Crippen LogP contribution in [0.4, 0.5) is 0 Å². The molecule has 0 aliphatic carbocycles. The van der Waals surface area contributed by atoms with E-state index in [1.165, 1.54) is 0 Å². The van der Waals surface area contributed by atoms with E-state index in [1.807, 2.05) is 49.4 Å². The maximum atomic E-state index is 12.2. The van der Waals surface area contributed by atoms with E-state index in [-0.39, 0.29) is 5.91 Å². The summed E-state index contributed by atoms with van der Waals surface area (Å²) in [5, 5.41) is 2.91. The van der Waals surface area contributed by atoms with Gasteiger partial charge in [0.25, 0.3) is 5.91 Å². The first kappa shape index (κ1) is 14.8. The number of carbonyl (C=O) groups excluding carboxylic acids is 1. The van der Waals surface area contributed by atoms with Crippen LogP contribution in [-0.4, -0.2) is 12.5 Å². The Morgan fingerprint density at radius 2 is 1.95 bits per heavy atom. The summed E-state index contributed by atoms with van der Waals surface area (Å²) in [5.41, 5.74) is 8.94. The van der Waals surface area contributed by atoms with Crippen molar-refractivity contribution in [1.29, 1.82) is 0 Å². The van der Waals surface area contributed by atoms with Gasteiger partial charge in [0.2, 0.25) is 0 Å². The lowest BCUT2D eigenvalue weighted by Crippen LogP contribution is -2.22. The molecular formula is C18H18N2O. The Hall–Kier alpha value is -2.57. The molecule has 3 N–H and O–H groups in total. The monoisotopic (exact) mass is 278 g/mol. The lowest BCUT2D eigenvalue weighted by Gasteiger charge is -2.07. The summed E-state index contributed by atoms with van der Waals surface area (Å²) in [6.07, 6.45) is 0. The zero-order valence-electron chi connectivity index (χ0n) is 12.0. The second-order valence-electron chi connectivity index (χ2n) is 4.70. The van der Waals surface area contributed by atoms with Crippen LogP contribution >= 0.6 is 0 Å². The lowest BCUT2D eigenvalue weighted by atomic mass is 10.0. The molecule has 0 heterocycles. The molecule has 1 amide bonds. The third kappa shape index (κ3) is 4.20. The molecular weight excluding hydrogens is 260 g/mol. The molecule has 21 heavy (non-hydrogen) atoms. The SMILES string of the molecule is Cc1ccc(C(=O)NCc2ccccc2)cc1C#CCN. The zero-order chi connectivity index (χ0) is 15.1. The molecule has 0 radical (unpaired) electrons. The van der Waals surface area contributed by atoms with Gasteiger partial charge < -0.3 is 11.1 Å². The largest absolute Gasteiger partial charge is 0.348 e. The first-order chi connectivity index (χ1) is 10.2. The van der Waals surface area contributed by atoms with Gasteiger partial charge in [-0.25, -0.2) is 0 Å². The van der Waals surface area contributed by atoms with Crippen LogP contribution in [0.5, 0.6) is 0 Å². The number of nitrogens with two attached hydrogens (primary N) is 1. The third-order valence-corrected chi connectivity index (χ3v) is 3.12. The molecule has 0 aliphatic heterocycles. The van der Waals surface area contributed by atoms with Gasteiger partial charge in [-0.15, -0.1) is 0 Å². The molecule has 0 unspecified atom stereocenters. The molecule has 0 bridgehead atoms. The molecule has 0 fully saturated rings.